The number of ether oxygens (including phenoxy) is 2. The minimum absolute atomic E-state index is 0.0632. The van der Waals surface area contributed by atoms with Gasteiger partial charge in [0.1, 0.15) is 6.10 Å². The van der Waals surface area contributed by atoms with E-state index in [1.54, 1.807) is 0 Å². The number of piperidine rings is 1. The highest BCUT2D eigenvalue weighted by Crippen LogP contribution is 2.51. The zero-order valence-corrected chi connectivity index (χ0v) is 22.3. The molecule has 1 unspecified atom stereocenters. The van der Waals surface area contributed by atoms with E-state index in [0.717, 1.165) is 61.5 Å². The maximum absolute atomic E-state index is 11.8. The van der Waals surface area contributed by atoms with Gasteiger partial charge in [0.25, 0.3) is 0 Å². The molecule has 0 amide bonds. The fourth-order valence-corrected chi connectivity index (χ4v) is 6.48. The molecule has 2 aliphatic carbocycles. The van der Waals surface area contributed by atoms with Crippen LogP contribution in [0.5, 0.6) is 0 Å². The Morgan fingerprint density at radius 3 is 2.54 bits per heavy atom. The Labute approximate surface area is 215 Å². The van der Waals surface area contributed by atoms with E-state index < -0.39 is 11.7 Å². The lowest BCUT2D eigenvalue weighted by atomic mass is 9.57. The van der Waals surface area contributed by atoms with Crippen LogP contribution in [-0.2, 0) is 20.9 Å². The Hall–Kier alpha value is -1.40. The van der Waals surface area contributed by atoms with Crippen molar-refractivity contribution in [3.63, 3.8) is 0 Å². The molecule has 193 valence electrons. The molecule has 1 aliphatic heterocycles. The van der Waals surface area contributed by atoms with Gasteiger partial charge in [-0.05, 0) is 73.6 Å². The van der Waals surface area contributed by atoms with E-state index >= 15 is 0 Å². The van der Waals surface area contributed by atoms with E-state index in [1.807, 2.05) is 37.6 Å². The summed E-state index contributed by atoms with van der Waals surface area (Å²) in [5, 5.41) is 12.5. The van der Waals surface area contributed by atoms with Crippen molar-refractivity contribution >= 4 is 17.6 Å². The smallest absolute Gasteiger partial charge is 0.303 e. The van der Waals surface area contributed by atoms with Crippen molar-refractivity contribution in [3.05, 3.63) is 52.9 Å². The summed E-state index contributed by atoms with van der Waals surface area (Å²) in [5.41, 5.74) is 1.26. The summed E-state index contributed by atoms with van der Waals surface area (Å²) in [4.78, 5) is 14.1. The first kappa shape index (κ1) is 26.7. The van der Waals surface area contributed by atoms with Crippen molar-refractivity contribution in [1.82, 2.24) is 4.90 Å². The quantitative estimate of drug-likeness (QED) is 0.397. The van der Waals surface area contributed by atoms with Gasteiger partial charge in [0.15, 0.2) is 0 Å². The number of rotatable bonds is 7. The largest absolute Gasteiger partial charge is 0.458 e. The second-order valence-corrected chi connectivity index (χ2v) is 11.5. The summed E-state index contributed by atoms with van der Waals surface area (Å²) < 4.78 is 11.7. The lowest BCUT2D eigenvalue weighted by Gasteiger charge is -2.53. The number of esters is 1. The Balaban J connectivity index is 1.31. The Kier molecular flexibility index (Phi) is 8.63. The molecule has 1 saturated heterocycles. The zero-order valence-electron chi connectivity index (χ0n) is 21.6. The number of fused-ring (bicyclic) bond motifs is 1. The van der Waals surface area contributed by atoms with E-state index in [9.17, 15) is 9.90 Å². The predicted octanol–water partition coefficient (Wildman–Crippen LogP) is 5.45. The van der Waals surface area contributed by atoms with Gasteiger partial charge in [-0.15, -0.1) is 0 Å². The molecule has 4 rings (SSSR count). The normalized spacial score (nSPS) is 33.0. The molecular formula is C29H41ClNO4. The van der Waals surface area contributed by atoms with Crippen LogP contribution in [0.25, 0.3) is 0 Å². The number of likely N-dealkylation sites (tertiary alicyclic amines) is 1. The number of carbonyl (C=O) groups excluding carboxylic acids is 1. The molecule has 1 radical (unpaired) electrons. The highest BCUT2D eigenvalue weighted by atomic mass is 35.5. The van der Waals surface area contributed by atoms with Crippen molar-refractivity contribution in [1.29, 1.82) is 0 Å². The average Bonchev–Trinajstić information content (AvgIpc) is 2.81. The molecule has 35 heavy (non-hydrogen) atoms. The molecule has 2 fully saturated rings. The molecule has 1 aromatic rings. The van der Waals surface area contributed by atoms with Crippen LogP contribution in [0.2, 0.25) is 5.02 Å². The van der Waals surface area contributed by atoms with Gasteiger partial charge in [0.2, 0.25) is 0 Å². The van der Waals surface area contributed by atoms with Gasteiger partial charge in [0.05, 0.1) is 18.3 Å². The number of hydrogen-bond donors (Lipinski definition) is 1. The van der Waals surface area contributed by atoms with Crippen LogP contribution < -0.4 is 0 Å². The highest BCUT2D eigenvalue weighted by Gasteiger charge is 2.53. The average molecular weight is 503 g/mol. The molecule has 5 nitrogen and oxygen atoms in total. The first-order chi connectivity index (χ1) is 16.7. The van der Waals surface area contributed by atoms with Gasteiger partial charge < -0.3 is 19.5 Å². The van der Waals surface area contributed by atoms with Crippen LogP contribution in [0.1, 0.15) is 58.9 Å². The molecule has 6 heteroatoms. The summed E-state index contributed by atoms with van der Waals surface area (Å²) in [6, 6.07) is 7.88. The molecule has 1 heterocycles. The van der Waals surface area contributed by atoms with Crippen LogP contribution in [0.15, 0.2) is 35.9 Å². The first-order valence-corrected chi connectivity index (χ1v) is 13.6. The van der Waals surface area contributed by atoms with Gasteiger partial charge in [0, 0.05) is 43.9 Å². The third-order valence-electron chi connectivity index (χ3n) is 8.53. The van der Waals surface area contributed by atoms with Crippen molar-refractivity contribution < 1.29 is 19.4 Å². The number of halogens is 1. The number of benzene rings is 1. The third kappa shape index (κ3) is 6.30. The van der Waals surface area contributed by atoms with E-state index in [1.165, 1.54) is 6.92 Å². The molecule has 0 aromatic heterocycles. The first-order valence-electron chi connectivity index (χ1n) is 13.2. The molecule has 6 atom stereocenters. The Morgan fingerprint density at radius 2 is 1.89 bits per heavy atom. The van der Waals surface area contributed by atoms with Crippen molar-refractivity contribution in [2.45, 2.75) is 77.8 Å². The summed E-state index contributed by atoms with van der Waals surface area (Å²) in [6.07, 6.45) is 8.16. The number of aliphatic hydroxyl groups is 1. The van der Waals surface area contributed by atoms with E-state index in [-0.39, 0.29) is 17.8 Å². The minimum atomic E-state index is -0.931. The summed E-state index contributed by atoms with van der Waals surface area (Å²) in [6.45, 7) is 11.7. The molecule has 1 N–H and O–H groups in total. The number of carbonyl (C=O) groups is 1. The van der Waals surface area contributed by atoms with Crippen LogP contribution in [0, 0.1) is 30.1 Å². The summed E-state index contributed by atoms with van der Waals surface area (Å²) in [5.74, 6) is 0.767. The van der Waals surface area contributed by atoms with Crippen molar-refractivity contribution in [2.75, 3.05) is 19.6 Å². The topological polar surface area (TPSA) is 59.0 Å². The molecule has 0 spiro atoms. The zero-order chi connectivity index (χ0) is 25.2. The van der Waals surface area contributed by atoms with Gasteiger partial charge in [-0.25, -0.2) is 0 Å². The minimum Gasteiger partial charge on any atom is -0.458 e. The van der Waals surface area contributed by atoms with Crippen molar-refractivity contribution in [2.24, 2.45) is 23.7 Å². The van der Waals surface area contributed by atoms with Gasteiger partial charge in [-0.3, -0.25) is 4.79 Å². The fraction of sp³-hybridized carbons (Fsp3) is 0.655. The van der Waals surface area contributed by atoms with Crippen molar-refractivity contribution in [3.8, 4) is 0 Å². The molecule has 3 aliphatic rings. The maximum Gasteiger partial charge on any atom is 0.303 e. The fourth-order valence-electron chi connectivity index (χ4n) is 6.35. The molecule has 1 aromatic carbocycles. The SMILES string of the molecule is CC(=O)O[C@@H]1[CH][C@@]2(O)[C@H](C)CC[C@@H](C(C)CN3CCC(OCc4ccc(Cl)cc4)CC3)[C@H]2C=C1C. The third-order valence-corrected chi connectivity index (χ3v) is 8.78. The summed E-state index contributed by atoms with van der Waals surface area (Å²) in [7, 11) is 0. The summed E-state index contributed by atoms with van der Waals surface area (Å²) >= 11 is 5.98. The monoisotopic (exact) mass is 502 g/mol. The van der Waals surface area contributed by atoms with E-state index in [0.29, 0.717) is 24.5 Å². The molecule has 0 bridgehead atoms. The van der Waals surface area contributed by atoms with Crippen LogP contribution in [0.3, 0.4) is 0 Å². The molecular weight excluding hydrogens is 462 g/mol. The van der Waals surface area contributed by atoms with Crippen LogP contribution in [-0.4, -0.2) is 53.4 Å². The standard InChI is InChI=1S/C29H41ClNO4/c1-19-15-27-26(10-5-21(3)29(27,33)16-28(19)35-22(4)32)20(2)17-31-13-11-25(12-14-31)34-18-23-6-8-24(30)9-7-23/h6-9,15-16,20-21,25-28,33H,5,10-14,17-18H2,1-4H3/t20?,21-,26+,27-,28-,29-/m1/s1. The van der Waals surface area contributed by atoms with Gasteiger partial charge in [-0.2, -0.15) is 0 Å². The van der Waals surface area contributed by atoms with Gasteiger partial charge in [-0.1, -0.05) is 43.7 Å². The number of nitrogens with zero attached hydrogens (tertiary/aromatic N) is 1. The Morgan fingerprint density at radius 1 is 1.20 bits per heavy atom. The van der Waals surface area contributed by atoms with Crippen LogP contribution in [0.4, 0.5) is 0 Å². The number of hydrogen-bond acceptors (Lipinski definition) is 5. The van der Waals surface area contributed by atoms with Gasteiger partial charge >= 0.3 is 5.97 Å². The maximum atomic E-state index is 11.8. The lowest BCUT2D eigenvalue weighted by molar-refractivity contribution is -0.148. The second kappa shape index (κ2) is 11.3. The second-order valence-electron chi connectivity index (χ2n) is 11.1. The lowest BCUT2D eigenvalue weighted by Crippen LogP contribution is -2.56. The van der Waals surface area contributed by atoms with Crippen LogP contribution >= 0.6 is 11.6 Å². The van der Waals surface area contributed by atoms with E-state index in [2.05, 4.69) is 24.8 Å². The molecule has 1 saturated carbocycles. The predicted molar refractivity (Wildman–Crippen MR) is 139 cm³/mol. The Bertz CT molecular complexity index is 894. The van der Waals surface area contributed by atoms with E-state index in [4.69, 9.17) is 21.1 Å². The highest BCUT2D eigenvalue weighted by molar-refractivity contribution is 6.30.